The molecule has 0 aliphatic carbocycles. The highest BCUT2D eigenvalue weighted by Crippen LogP contribution is 2.22. The van der Waals surface area contributed by atoms with Gasteiger partial charge >= 0.3 is 0 Å². The lowest BCUT2D eigenvalue weighted by Crippen LogP contribution is -2.39. The van der Waals surface area contributed by atoms with Crippen molar-refractivity contribution >= 4 is 0 Å². The molecule has 24 heavy (non-hydrogen) atoms. The van der Waals surface area contributed by atoms with Gasteiger partial charge in [-0.15, -0.1) is 0 Å². The number of hydrogen-bond donors (Lipinski definition) is 0. The quantitative estimate of drug-likeness (QED) is 0.728. The number of alkyl halides is 1. The number of aromatic nitrogens is 4. The van der Waals surface area contributed by atoms with Crippen LogP contribution in [-0.4, -0.2) is 68.4 Å². The summed E-state index contributed by atoms with van der Waals surface area (Å²) in [6.07, 6.45) is 6.44. The van der Waals surface area contributed by atoms with Crippen LogP contribution < -0.4 is 0 Å². The van der Waals surface area contributed by atoms with Crippen LogP contribution in [0, 0.1) is 6.92 Å². The highest BCUT2D eigenvalue weighted by Gasteiger charge is 2.33. The van der Waals surface area contributed by atoms with E-state index in [0.29, 0.717) is 31.2 Å². The molecule has 1 saturated heterocycles. The highest BCUT2D eigenvalue weighted by atomic mass is 19.1. The van der Waals surface area contributed by atoms with Gasteiger partial charge in [0.2, 0.25) is 5.89 Å². The van der Waals surface area contributed by atoms with Crippen LogP contribution >= 0.6 is 0 Å². The molecule has 0 saturated carbocycles. The van der Waals surface area contributed by atoms with Crippen LogP contribution in [-0.2, 0) is 13.1 Å². The van der Waals surface area contributed by atoms with Gasteiger partial charge < -0.3 is 14.0 Å². The normalized spacial score (nSPS) is 21.8. The topological polar surface area (TPSA) is 63.2 Å². The zero-order valence-corrected chi connectivity index (χ0v) is 14.3. The molecule has 2 aromatic rings. The smallest absolute Gasteiger partial charge is 0.223 e. The minimum atomic E-state index is -0.776. The molecule has 3 heterocycles. The Kier molecular flexibility index (Phi) is 5.57. The van der Waals surface area contributed by atoms with Gasteiger partial charge in [0.25, 0.3) is 0 Å². The summed E-state index contributed by atoms with van der Waals surface area (Å²) in [5.74, 6) is 1.18. The molecule has 3 rings (SSSR count). The molecule has 7 nitrogen and oxygen atoms in total. The Morgan fingerprint density at radius 2 is 2.33 bits per heavy atom. The third-order valence-electron chi connectivity index (χ3n) is 4.43. The highest BCUT2D eigenvalue weighted by molar-refractivity contribution is 4.92. The van der Waals surface area contributed by atoms with Gasteiger partial charge in [-0.05, 0) is 26.4 Å². The number of rotatable bonds is 8. The van der Waals surface area contributed by atoms with Gasteiger partial charge in [-0.25, -0.2) is 9.37 Å². The maximum Gasteiger partial charge on any atom is 0.223 e. The summed E-state index contributed by atoms with van der Waals surface area (Å²) in [7, 11) is 2.09. The van der Waals surface area contributed by atoms with Crippen molar-refractivity contribution in [2.45, 2.75) is 45.1 Å². The first-order valence-corrected chi connectivity index (χ1v) is 8.41. The Balaban J connectivity index is 1.46. The minimum absolute atomic E-state index is 0.192. The summed E-state index contributed by atoms with van der Waals surface area (Å²) < 4.78 is 21.0. The third kappa shape index (κ3) is 4.61. The van der Waals surface area contributed by atoms with Gasteiger partial charge in [0.15, 0.2) is 5.82 Å². The molecular weight excluding hydrogens is 311 g/mol. The van der Waals surface area contributed by atoms with Gasteiger partial charge in [-0.2, -0.15) is 4.98 Å². The molecule has 1 fully saturated rings. The molecule has 0 aromatic carbocycles. The summed E-state index contributed by atoms with van der Waals surface area (Å²) in [6, 6.07) is 0.192. The zero-order valence-electron chi connectivity index (χ0n) is 14.3. The summed E-state index contributed by atoms with van der Waals surface area (Å²) in [5.41, 5.74) is 0. The molecule has 0 radical (unpaired) electrons. The Morgan fingerprint density at radius 3 is 3.04 bits per heavy atom. The first kappa shape index (κ1) is 17.0. The zero-order chi connectivity index (χ0) is 16.9. The van der Waals surface area contributed by atoms with E-state index in [0.717, 1.165) is 26.1 Å². The standard InChI is InChI=1S/C16H25FN6O/c1-13-19-16(20-24-13)11-23-9-14(17)8-15(23)10-21(2)5-3-6-22-7-4-18-12-22/h4,7,12,14-15H,3,5-6,8-11H2,1-2H3/t14-,15-/m0/s1. The Bertz CT molecular complexity index is 616. The lowest BCUT2D eigenvalue weighted by Gasteiger charge is -2.27. The average Bonchev–Trinajstić information content (AvgIpc) is 3.24. The minimum Gasteiger partial charge on any atom is -0.340 e. The van der Waals surface area contributed by atoms with Gasteiger partial charge in [0.1, 0.15) is 6.17 Å². The maximum atomic E-state index is 13.9. The summed E-state index contributed by atoms with van der Waals surface area (Å²) in [5, 5.41) is 3.92. The maximum absolute atomic E-state index is 13.9. The first-order chi connectivity index (χ1) is 11.6. The number of likely N-dealkylation sites (N-methyl/N-ethyl adjacent to an activating group) is 1. The number of imidazole rings is 1. The van der Waals surface area contributed by atoms with E-state index in [1.54, 1.807) is 13.1 Å². The van der Waals surface area contributed by atoms with E-state index in [2.05, 4.69) is 36.5 Å². The second kappa shape index (κ2) is 7.85. The van der Waals surface area contributed by atoms with E-state index in [4.69, 9.17) is 4.52 Å². The SMILES string of the molecule is Cc1nc(CN2C[C@@H](F)C[C@H]2CN(C)CCCn2ccnc2)no1. The number of halogens is 1. The summed E-state index contributed by atoms with van der Waals surface area (Å²) >= 11 is 0. The predicted octanol–water partition coefficient (Wildman–Crippen LogP) is 1.51. The Hall–Kier alpha value is -1.80. The van der Waals surface area contributed by atoms with Crippen molar-refractivity contribution in [2.75, 3.05) is 26.7 Å². The molecule has 0 amide bonds. The van der Waals surface area contributed by atoms with Crippen molar-refractivity contribution in [1.82, 2.24) is 29.5 Å². The molecule has 1 aliphatic rings. The number of nitrogens with zero attached hydrogens (tertiary/aromatic N) is 6. The van der Waals surface area contributed by atoms with Gasteiger partial charge in [0, 0.05) is 45.0 Å². The molecule has 132 valence electrons. The van der Waals surface area contributed by atoms with Crippen LogP contribution in [0.1, 0.15) is 24.6 Å². The van der Waals surface area contributed by atoms with Crippen molar-refractivity contribution in [3.05, 3.63) is 30.4 Å². The Morgan fingerprint density at radius 1 is 1.46 bits per heavy atom. The van der Waals surface area contributed by atoms with Crippen molar-refractivity contribution in [2.24, 2.45) is 0 Å². The fourth-order valence-corrected chi connectivity index (χ4v) is 3.29. The lowest BCUT2D eigenvalue weighted by atomic mass is 10.2. The molecule has 2 atom stereocenters. The van der Waals surface area contributed by atoms with Crippen LogP contribution in [0.3, 0.4) is 0 Å². The molecule has 0 unspecified atom stereocenters. The van der Waals surface area contributed by atoms with Crippen molar-refractivity contribution in [3.63, 3.8) is 0 Å². The van der Waals surface area contributed by atoms with Crippen molar-refractivity contribution < 1.29 is 8.91 Å². The number of aryl methyl sites for hydroxylation is 2. The van der Waals surface area contributed by atoms with Gasteiger partial charge in [-0.1, -0.05) is 5.16 Å². The van der Waals surface area contributed by atoms with Gasteiger partial charge in [0.05, 0.1) is 12.9 Å². The second-order valence-electron chi connectivity index (χ2n) is 6.56. The molecule has 2 aromatic heterocycles. The fourth-order valence-electron chi connectivity index (χ4n) is 3.29. The second-order valence-corrected chi connectivity index (χ2v) is 6.56. The van der Waals surface area contributed by atoms with E-state index in [9.17, 15) is 4.39 Å². The molecule has 0 spiro atoms. The van der Waals surface area contributed by atoms with Crippen LogP contribution in [0.25, 0.3) is 0 Å². The molecular formula is C16H25FN6O. The average molecular weight is 336 g/mol. The summed E-state index contributed by atoms with van der Waals surface area (Å²) in [4.78, 5) is 12.7. The van der Waals surface area contributed by atoms with Crippen LogP contribution in [0.5, 0.6) is 0 Å². The van der Waals surface area contributed by atoms with Gasteiger partial charge in [-0.3, -0.25) is 4.90 Å². The molecule has 0 bridgehead atoms. The van der Waals surface area contributed by atoms with E-state index in [-0.39, 0.29) is 6.04 Å². The van der Waals surface area contributed by atoms with E-state index >= 15 is 0 Å². The van der Waals surface area contributed by atoms with Crippen LogP contribution in [0.2, 0.25) is 0 Å². The molecule has 8 heteroatoms. The monoisotopic (exact) mass is 336 g/mol. The number of likely N-dealkylation sites (tertiary alicyclic amines) is 1. The lowest BCUT2D eigenvalue weighted by molar-refractivity contribution is 0.177. The fraction of sp³-hybridized carbons (Fsp3) is 0.688. The number of hydrogen-bond acceptors (Lipinski definition) is 6. The van der Waals surface area contributed by atoms with Crippen LogP contribution in [0.4, 0.5) is 4.39 Å². The van der Waals surface area contributed by atoms with E-state index < -0.39 is 6.17 Å². The Labute approximate surface area is 141 Å². The molecule has 0 N–H and O–H groups in total. The molecule has 1 aliphatic heterocycles. The third-order valence-corrected chi connectivity index (χ3v) is 4.43. The van der Waals surface area contributed by atoms with Crippen molar-refractivity contribution in [3.8, 4) is 0 Å². The summed E-state index contributed by atoms with van der Waals surface area (Å²) in [6.45, 7) is 5.53. The largest absolute Gasteiger partial charge is 0.340 e. The predicted molar refractivity (Wildman–Crippen MR) is 87.1 cm³/mol. The van der Waals surface area contributed by atoms with Crippen molar-refractivity contribution in [1.29, 1.82) is 0 Å². The van der Waals surface area contributed by atoms with Crippen LogP contribution in [0.15, 0.2) is 23.2 Å². The van der Waals surface area contributed by atoms with E-state index in [1.807, 2.05) is 12.5 Å². The van der Waals surface area contributed by atoms with E-state index in [1.165, 1.54) is 0 Å². The first-order valence-electron chi connectivity index (χ1n) is 8.41.